The van der Waals surface area contributed by atoms with Crippen molar-refractivity contribution in [3.05, 3.63) is 70.1 Å². The smallest absolute Gasteiger partial charge is 0.359 e. The number of carbonyl (C=O) groups excluding carboxylic acids is 2. The van der Waals surface area contributed by atoms with Crippen molar-refractivity contribution >= 4 is 28.3 Å². The van der Waals surface area contributed by atoms with E-state index in [0.29, 0.717) is 17.3 Å². The molecule has 3 rings (SSSR count). The second-order valence-corrected chi connectivity index (χ2v) is 7.24. The van der Waals surface area contributed by atoms with Gasteiger partial charge in [-0.15, -0.1) is 0 Å². The molecule has 9 heteroatoms. The SMILES string of the molecule is CCCCCCn1nc(C(=O)OCC(=O)Nc2ccc(F)c(F)c2)c2ccccc2c1=O. The molecule has 0 aliphatic heterocycles. The summed E-state index contributed by atoms with van der Waals surface area (Å²) < 4.78 is 32.6. The van der Waals surface area contributed by atoms with Crippen molar-refractivity contribution < 1.29 is 23.1 Å². The number of hydrogen-bond donors (Lipinski definition) is 1. The molecular weight excluding hydrogens is 420 g/mol. The average molecular weight is 443 g/mol. The van der Waals surface area contributed by atoms with E-state index in [9.17, 15) is 23.2 Å². The first kappa shape index (κ1) is 23.1. The van der Waals surface area contributed by atoms with E-state index >= 15 is 0 Å². The molecule has 0 radical (unpaired) electrons. The monoisotopic (exact) mass is 443 g/mol. The number of aryl methyl sites for hydroxylation is 1. The van der Waals surface area contributed by atoms with Gasteiger partial charge >= 0.3 is 5.97 Å². The first-order valence-electron chi connectivity index (χ1n) is 10.3. The van der Waals surface area contributed by atoms with Gasteiger partial charge in [-0.05, 0) is 24.6 Å². The third kappa shape index (κ3) is 5.54. The van der Waals surface area contributed by atoms with E-state index in [1.54, 1.807) is 24.3 Å². The van der Waals surface area contributed by atoms with Crippen molar-refractivity contribution in [1.82, 2.24) is 9.78 Å². The molecule has 3 aromatic rings. The number of ether oxygens (including phenoxy) is 1. The Labute approximate surface area is 183 Å². The van der Waals surface area contributed by atoms with Crippen LogP contribution in [0, 0.1) is 11.6 Å². The number of aromatic nitrogens is 2. The first-order valence-corrected chi connectivity index (χ1v) is 10.3. The summed E-state index contributed by atoms with van der Waals surface area (Å²) >= 11 is 0. The predicted octanol–water partition coefficient (Wildman–Crippen LogP) is 4.05. The minimum atomic E-state index is -1.11. The molecule has 0 atom stereocenters. The van der Waals surface area contributed by atoms with Crippen LogP contribution >= 0.6 is 0 Å². The zero-order chi connectivity index (χ0) is 23.1. The summed E-state index contributed by atoms with van der Waals surface area (Å²) in [5, 5.41) is 7.16. The van der Waals surface area contributed by atoms with E-state index in [0.717, 1.165) is 37.8 Å². The molecule has 1 amide bonds. The second kappa shape index (κ2) is 10.6. The van der Waals surface area contributed by atoms with Gasteiger partial charge in [0.1, 0.15) is 0 Å². The lowest BCUT2D eigenvalue weighted by Gasteiger charge is -2.11. The molecule has 1 aromatic heterocycles. The predicted molar refractivity (Wildman–Crippen MR) is 115 cm³/mol. The molecule has 1 N–H and O–H groups in total. The number of nitrogens with zero attached hydrogens (tertiary/aromatic N) is 2. The van der Waals surface area contributed by atoms with Gasteiger partial charge in [-0.2, -0.15) is 5.10 Å². The van der Waals surface area contributed by atoms with Gasteiger partial charge in [0.2, 0.25) is 0 Å². The summed E-state index contributed by atoms with van der Waals surface area (Å²) in [5.74, 6) is -3.76. The molecule has 0 fully saturated rings. The zero-order valence-corrected chi connectivity index (χ0v) is 17.6. The Bertz CT molecular complexity index is 1190. The fourth-order valence-electron chi connectivity index (χ4n) is 3.20. The zero-order valence-electron chi connectivity index (χ0n) is 17.6. The number of benzene rings is 2. The van der Waals surface area contributed by atoms with Crippen LogP contribution in [0.5, 0.6) is 0 Å². The number of halogens is 2. The highest BCUT2D eigenvalue weighted by atomic mass is 19.2. The van der Waals surface area contributed by atoms with Crippen LogP contribution in [0.4, 0.5) is 14.5 Å². The highest BCUT2D eigenvalue weighted by Gasteiger charge is 2.19. The first-order chi connectivity index (χ1) is 15.4. The van der Waals surface area contributed by atoms with Gasteiger partial charge in [0.15, 0.2) is 23.9 Å². The quantitative estimate of drug-likeness (QED) is 0.398. The van der Waals surface area contributed by atoms with Crippen molar-refractivity contribution in [2.45, 2.75) is 39.2 Å². The maximum Gasteiger partial charge on any atom is 0.359 e. The Morgan fingerprint density at radius 3 is 2.50 bits per heavy atom. The van der Waals surface area contributed by atoms with E-state index in [1.807, 2.05) is 0 Å². The Kier molecular flexibility index (Phi) is 7.64. The number of nitrogens with one attached hydrogen (secondary N) is 1. The van der Waals surface area contributed by atoms with Crippen LogP contribution in [0.3, 0.4) is 0 Å². The summed E-state index contributed by atoms with van der Waals surface area (Å²) in [4.78, 5) is 37.4. The van der Waals surface area contributed by atoms with E-state index in [1.165, 1.54) is 10.7 Å². The fraction of sp³-hybridized carbons (Fsp3) is 0.304. The Hall–Kier alpha value is -3.62. The number of unbranched alkanes of at least 4 members (excludes halogenated alkanes) is 3. The van der Waals surface area contributed by atoms with Crippen LogP contribution in [0.25, 0.3) is 10.8 Å². The topological polar surface area (TPSA) is 90.3 Å². The summed E-state index contributed by atoms with van der Waals surface area (Å²) in [5.41, 5.74) is -0.352. The lowest BCUT2D eigenvalue weighted by atomic mass is 10.1. The number of anilines is 1. The number of esters is 1. The van der Waals surface area contributed by atoms with Crippen LogP contribution in [0.1, 0.15) is 43.1 Å². The molecular formula is C23H23F2N3O4. The molecule has 1 heterocycles. The molecule has 2 aromatic carbocycles. The van der Waals surface area contributed by atoms with Crippen LogP contribution in [0.2, 0.25) is 0 Å². The number of rotatable bonds is 9. The molecule has 0 unspecified atom stereocenters. The Morgan fingerprint density at radius 1 is 1.03 bits per heavy atom. The molecule has 32 heavy (non-hydrogen) atoms. The van der Waals surface area contributed by atoms with Crippen LogP contribution < -0.4 is 10.9 Å². The maximum absolute atomic E-state index is 13.3. The molecule has 0 spiro atoms. The average Bonchev–Trinajstić information content (AvgIpc) is 2.79. The number of amides is 1. The lowest BCUT2D eigenvalue weighted by Crippen LogP contribution is -2.28. The van der Waals surface area contributed by atoms with Gasteiger partial charge in [-0.3, -0.25) is 9.59 Å². The molecule has 168 valence electrons. The Morgan fingerprint density at radius 2 is 1.78 bits per heavy atom. The fourth-order valence-corrected chi connectivity index (χ4v) is 3.20. The van der Waals surface area contributed by atoms with Crippen molar-refractivity contribution in [2.24, 2.45) is 0 Å². The van der Waals surface area contributed by atoms with Crippen molar-refractivity contribution in [3.8, 4) is 0 Å². The van der Waals surface area contributed by atoms with Crippen molar-refractivity contribution in [1.29, 1.82) is 0 Å². The molecule has 0 saturated heterocycles. The highest BCUT2D eigenvalue weighted by Crippen LogP contribution is 2.16. The summed E-state index contributed by atoms with van der Waals surface area (Å²) in [6.45, 7) is 1.78. The maximum atomic E-state index is 13.3. The number of fused-ring (bicyclic) bond motifs is 1. The molecule has 0 aliphatic rings. The van der Waals surface area contributed by atoms with Gasteiger partial charge in [-0.25, -0.2) is 18.3 Å². The van der Waals surface area contributed by atoms with Crippen molar-refractivity contribution in [3.63, 3.8) is 0 Å². The van der Waals surface area contributed by atoms with Crippen LogP contribution in [-0.4, -0.2) is 28.3 Å². The third-order valence-corrected chi connectivity index (χ3v) is 4.82. The van der Waals surface area contributed by atoms with Gasteiger partial charge in [0, 0.05) is 23.7 Å². The Balaban J connectivity index is 1.74. The summed E-state index contributed by atoms with van der Waals surface area (Å²) in [6, 6.07) is 9.42. The van der Waals surface area contributed by atoms with Gasteiger partial charge in [0.25, 0.3) is 11.5 Å². The van der Waals surface area contributed by atoms with E-state index in [4.69, 9.17) is 4.74 Å². The molecule has 0 aliphatic carbocycles. The normalized spacial score (nSPS) is 10.8. The number of hydrogen-bond acceptors (Lipinski definition) is 5. The molecule has 0 saturated carbocycles. The third-order valence-electron chi connectivity index (χ3n) is 4.82. The lowest BCUT2D eigenvalue weighted by molar-refractivity contribution is -0.119. The van der Waals surface area contributed by atoms with E-state index in [-0.39, 0.29) is 16.9 Å². The molecule has 0 bridgehead atoms. The largest absolute Gasteiger partial charge is 0.451 e. The minimum absolute atomic E-state index is 0.0224. The van der Waals surface area contributed by atoms with Crippen molar-refractivity contribution in [2.75, 3.05) is 11.9 Å². The molecule has 7 nitrogen and oxygen atoms in total. The number of carbonyl (C=O) groups is 2. The summed E-state index contributed by atoms with van der Waals surface area (Å²) in [6.07, 6.45) is 3.75. The standard InChI is InChI=1S/C23H23F2N3O4/c1-2-3-4-7-12-28-22(30)17-9-6-5-8-16(17)21(27-28)23(31)32-14-20(29)26-15-10-11-18(24)19(25)13-15/h5-6,8-11,13H,2-4,7,12,14H2,1H3,(H,26,29). The van der Waals surface area contributed by atoms with Crippen LogP contribution in [-0.2, 0) is 16.1 Å². The second-order valence-electron chi connectivity index (χ2n) is 7.24. The van der Waals surface area contributed by atoms with Crippen LogP contribution in [0.15, 0.2) is 47.3 Å². The van der Waals surface area contributed by atoms with Gasteiger partial charge in [-0.1, -0.05) is 44.4 Å². The summed E-state index contributed by atoms with van der Waals surface area (Å²) in [7, 11) is 0. The van der Waals surface area contributed by atoms with Gasteiger partial charge in [0.05, 0.1) is 5.39 Å². The minimum Gasteiger partial charge on any atom is -0.451 e. The van der Waals surface area contributed by atoms with E-state index in [2.05, 4.69) is 17.3 Å². The van der Waals surface area contributed by atoms with Gasteiger partial charge < -0.3 is 10.1 Å². The van der Waals surface area contributed by atoms with E-state index < -0.39 is 30.1 Å². The highest BCUT2D eigenvalue weighted by molar-refractivity contribution is 6.03.